The van der Waals surface area contributed by atoms with E-state index in [9.17, 15) is 14.9 Å². The van der Waals surface area contributed by atoms with Gasteiger partial charge in [0.2, 0.25) is 5.91 Å². The third kappa shape index (κ3) is 8.06. The molecule has 1 amide bonds. The summed E-state index contributed by atoms with van der Waals surface area (Å²) in [6.45, 7) is 7.85. The smallest absolute Gasteiger partial charge is 0.280 e. The normalized spacial score (nSPS) is 8.93. The van der Waals surface area contributed by atoms with Gasteiger partial charge in [-0.15, -0.1) is 0 Å². The van der Waals surface area contributed by atoms with Crippen molar-refractivity contribution in [2.45, 2.75) is 6.92 Å². The quantitative estimate of drug-likeness (QED) is 0.173. The van der Waals surface area contributed by atoms with Gasteiger partial charge in [-0.05, 0) is 18.2 Å². The molecule has 0 saturated carbocycles. The third-order valence-electron chi connectivity index (χ3n) is 2.87. The number of nitro benzene ring substituents is 1. The van der Waals surface area contributed by atoms with Crippen molar-refractivity contribution in [3.05, 3.63) is 68.0 Å². The highest BCUT2D eigenvalue weighted by Crippen LogP contribution is 2.29. The highest BCUT2D eigenvalue weighted by atomic mass is 35.5. The number of carbonyl (C=O) groups is 1. The number of nitro groups is 1. The number of nitrogens with zero attached hydrogens (tertiary/aromatic N) is 3. The largest absolute Gasteiger partial charge is 0.380 e. The fraction of sp³-hybridized carbons (Fsp3) is 0.0625. The van der Waals surface area contributed by atoms with Gasteiger partial charge in [0.15, 0.2) is 11.4 Å². The van der Waals surface area contributed by atoms with Crippen molar-refractivity contribution in [3.8, 4) is 0 Å². The summed E-state index contributed by atoms with van der Waals surface area (Å²) in [5.74, 6) is -0.0401. The topological polar surface area (TPSA) is 149 Å². The van der Waals surface area contributed by atoms with Crippen LogP contribution in [0, 0.1) is 16.7 Å². The molecule has 0 fully saturated rings. The highest BCUT2D eigenvalue weighted by molar-refractivity contribution is 6.31. The van der Waals surface area contributed by atoms with Crippen LogP contribution in [0.1, 0.15) is 6.92 Å². The summed E-state index contributed by atoms with van der Waals surface area (Å²) in [6.07, 6.45) is 0. The Hall–Kier alpha value is -3.33. The molecule has 0 spiro atoms. The number of hydrogen-bond acceptors (Lipinski definition) is 7. The zero-order valence-electron chi connectivity index (χ0n) is 14.2. The van der Waals surface area contributed by atoms with Crippen LogP contribution in [0.2, 0.25) is 10.0 Å². The molecule has 1 heterocycles. The van der Waals surface area contributed by atoms with Gasteiger partial charge in [0.1, 0.15) is 0 Å². The summed E-state index contributed by atoms with van der Waals surface area (Å²) in [6, 6.07) is 9.14. The number of anilines is 1. The molecule has 29 heavy (non-hydrogen) atoms. The van der Waals surface area contributed by atoms with Crippen molar-refractivity contribution in [2.24, 2.45) is 0 Å². The molecule has 154 valence electrons. The molecule has 3 rings (SSSR count). The minimum Gasteiger partial charge on any atom is -0.380 e. The van der Waals surface area contributed by atoms with E-state index in [4.69, 9.17) is 45.2 Å². The maximum atomic E-state index is 10.3. The first-order valence-corrected chi connectivity index (χ1v) is 7.97. The molecule has 4 N–H and O–H groups in total. The highest BCUT2D eigenvalue weighted by Gasteiger charge is 2.13. The van der Waals surface area contributed by atoms with Crippen LogP contribution in [-0.2, 0) is 4.79 Å². The van der Waals surface area contributed by atoms with Crippen molar-refractivity contribution < 1.29 is 19.4 Å². The zero-order chi connectivity index (χ0) is 21.3. The van der Waals surface area contributed by atoms with E-state index in [0.717, 1.165) is 11.5 Å². The van der Waals surface area contributed by atoms with E-state index in [1.165, 1.54) is 24.5 Å². The minimum atomic E-state index is -0.626. The molecule has 0 bridgehead atoms. The van der Waals surface area contributed by atoms with Crippen LogP contribution in [0.3, 0.4) is 0 Å². The number of amides is 1. The van der Waals surface area contributed by atoms with Crippen molar-refractivity contribution in [3.63, 3.8) is 0 Å². The number of hydrogen-bond donors (Lipinski definition) is 3. The first-order chi connectivity index (χ1) is 13.2. The van der Waals surface area contributed by atoms with E-state index in [1.54, 1.807) is 18.2 Å². The lowest BCUT2D eigenvalue weighted by molar-refractivity contribution is -0.383. The van der Waals surface area contributed by atoms with Crippen molar-refractivity contribution in [2.75, 3.05) is 5.73 Å². The van der Waals surface area contributed by atoms with Gasteiger partial charge in [-0.25, -0.2) is 10.3 Å². The minimum absolute atomic E-state index is 0. The van der Waals surface area contributed by atoms with Gasteiger partial charge in [0.05, 0.1) is 16.9 Å². The number of fused-ring (bicyclic) bond motifs is 1. The number of benzene rings is 2. The van der Waals surface area contributed by atoms with Crippen LogP contribution in [0.4, 0.5) is 17.2 Å². The lowest BCUT2D eigenvalue weighted by Crippen LogP contribution is -2.12. The maximum absolute atomic E-state index is 10.3. The van der Waals surface area contributed by atoms with Crippen LogP contribution in [0.15, 0.2) is 40.9 Å². The predicted octanol–water partition coefficient (Wildman–Crippen LogP) is 2.92. The number of nitrogen functional groups attached to an aromatic ring is 1. The number of nitrogens with one attached hydrogen (secondary N) is 1. The first kappa shape index (κ1) is 25.7. The molecule has 3 aromatic rings. The molecule has 0 atom stereocenters. The molecule has 10 nitrogen and oxygen atoms in total. The lowest BCUT2D eigenvalue weighted by atomic mass is 10.2. The van der Waals surface area contributed by atoms with Crippen LogP contribution in [0.25, 0.3) is 15.8 Å². The number of aromatic nitrogens is 1. The molecule has 0 radical (unpaired) electrons. The fourth-order valence-electron chi connectivity index (χ4n) is 1.67. The second kappa shape index (κ2) is 12.2. The average molecular weight is 441 g/mol. The summed E-state index contributed by atoms with van der Waals surface area (Å²) in [5, 5.41) is 23.1. The molecule has 0 aliphatic carbocycles. The van der Waals surface area contributed by atoms with Gasteiger partial charge < -0.3 is 10.3 Å². The molecular formula is C16H17BCl2N5O5-. The molecule has 0 unspecified atom stereocenters. The predicted molar refractivity (Wildman–Crippen MR) is 115 cm³/mol. The fourth-order valence-corrected chi connectivity index (χ4v) is 2.00. The summed E-state index contributed by atoms with van der Waals surface area (Å²) in [7, 11) is 0. The van der Waals surface area contributed by atoms with Crippen LogP contribution >= 0.6 is 23.2 Å². The Balaban J connectivity index is 0.000000431. The lowest BCUT2D eigenvalue weighted by Gasteiger charge is -1.93. The van der Waals surface area contributed by atoms with Gasteiger partial charge >= 0.3 is 0 Å². The Morgan fingerprint density at radius 1 is 1.31 bits per heavy atom. The average Bonchev–Trinajstić information content (AvgIpc) is 3.02. The number of hydroxylamine groups is 1. The molecule has 13 heteroatoms. The Morgan fingerprint density at radius 3 is 2.38 bits per heavy atom. The number of carbonyl (C=O) groups excluding carboxylic acids is 1. The van der Waals surface area contributed by atoms with Crippen molar-refractivity contribution in [1.29, 1.82) is 0 Å². The first-order valence-electron chi connectivity index (χ1n) is 7.22. The second-order valence-electron chi connectivity index (χ2n) is 4.88. The number of halogens is 2. The summed E-state index contributed by atoms with van der Waals surface area (Å²) in [4.78, 5) is 22.1. The van der Waals surface area contributed by atoms with Gasteiger partial charge in [-0.1, -0.05) is 42.8 Å². The molecule has 0 aliphatic heterocycles. The third-order valence-corrected chi connectivity index (χ3v) is 3.34. The molecule has 1 aromatic heterocycles. The summed E-state index contributed by atoms with van der Waals surface area (Å²) in [5.41, 5.74) is 7.24. The molecule has 0 saturated heterocycles. The standard InChI is InChI=1S/C7H3ClN2O2.C7H5ClN2O.C2H5NO2.BH4/c1-9-6-3-2-5(8)4-7(6)10(11)12;8-4-1-2-5-6(3-4)11-10-7(5)9;1-2(4)3-5;/h2-4H;1-3H,(H2,9,10);5H,1H3,(H,3,4);1H4/q;;;-1. The zero-order valence-corrected chi connectivity index (χ0v) is 15.7. The van der Waals surface area contributed by atoms with Gasteiger partial charge in [-0.2, -0.15) is 0 Å². The molecule has 2 aromatic carbocycles. The monoisotopic (exact) mass is 440 g/mol. The molecule has 0 aliphatic rings. The van der Waals surface area contributed by atoms with E-state index in [0.29, 0.717) is 16.4 Å². The van der Waals surface area contributed by atoms with Gasteiger partial charge in [0.25, 0.3) is 11.4 Å². The summed E-state index contributed by atoms with van der Waals surface area (Å²) >= 11 is 11.2. The van der Waals surface area contributed by atoms with Crippen LogP contribution < -0.4 is 11.2 Å². The summed E-state index contributed by atoms with van der Waals surface area (Å²) < 4.78 is 4.87. The Morgan fingerprint density at radius 2 is 1.86 bits per heavy atom. The molecular weight excluding hydrogens is 424 g/mol. The van der Waals surface area contributed by atoms with E-state index in [2.05, 4.69) is 10.0 Å². The van der Waals surface area contributed by atoms with E-state index in [-0.39, 0.29) is 24.8 Å². The van der Waals surface area contributed by atoms with E-state index >= 15 is 0 Å². The number of rotatable bonds is 1. The van der Waals surface area contributed by atoms with Crippen molar-refractivity contribution >= 4 is 65.7 Å². The second-order valence-corrected chi connectivity index (χ2v) is 5.75. The van der Waals surface area contributed by atoms with Gasteiger partial charge in [0, 0.05) is 29.1 Å². The Kier molecular flexibility index (Phi) is 10.8. The SMILES string of the molecule is CC(=O)NO.Nc1noc2cc(Cl)ccc12.[BH4-].[C-]#[N+]c1ccc(Cl)cc1[N+](=O)[O-]. The van der Waals surface area contributed by atoms with Crippen LogP contribution in [0.5, 0.6) is 0 Å². The Labute approximate surface area is 176 Å². The van der Waals surface area contributed by atoms with Crippen molar-refractivity contribution in [1.82, 2.24) is 10.6 Å². The maximum Gasteiger partial charge on any atom is 0.280 e. The number of nitrogens with two attached hydrogens (primary N) is 1. The van der Waals surface area contributed by atoms with E-state index in [1.807, 2.05) is 0 Å². The van der Waals surface area contributed by atoms with E-state index < -0.39 is 10.8 Å². The van der Waals surface area contributed by atoms with Crippen LogP contribution in [-0.4, -0.2) is 29.6 Å². The van der Waals surface area contributed by atoms with Gasteiger partial charge in [-0.3, -0.25) is 20.1 Å². The Bertz CT molecular complexity index is 1040.